The third-order valence-corrected chi connectivity index (χ3v) is 3.08. The van der Waals surface area contributed by atoms with E-state index in [1.54, 1.807) is 0 Å². The van der Waals surface area contributed by atoms with Crippen LogP contribution >= 0.6 is 0 Å². The van der Waals surface area contributed by atoms with Gasteiger partial charge in [-0.15, -0.1) is 0 Å². The molecule has 0 aliphatic heterocycles. The van der Waals surface area contributed by atoms with Crippen LogP contribution < -0.4 is 10.1 Å². The van der Waals surface area contributed by atoms with E-state index < -0.39 is 0 Å². The van der Waals surface area contributed by atoms with E-state index in [9.17, 15) is 4.79 Å². The van der Waals surface area contributed by atoms with Gasteiger partial charge in [0.1, 0.15) is 18.4 Å². The number of carbonyl (C=O) groups excluding carboxylic acids is 1. The topological polar surface area (TPSA) is 47.6 Å². The molecular weight excluding hydrogens is 242 g/mol. The van der Waals surface area contributed by atoms with Crippen LogP contribution in [0.25, 0.3) is 0 Å². The molecule has 1 aliphatic rings. The third kappa shape index (κ3) is 4.24. The smallest absolute Gasteiger partial charge is 0.326 e. The number of para-hydroxylation sites is 1. The van der Waals surface area contributed by atoms with Gasteiger partial charge in [-0.3, -0.25) is 10.1 Å². The van der Waals surface area contributed by atoms with Gasteiger partial charge in [0.2, 0.25) is 0 Å². The van der Waals surface area contributed by atoms with Gasteiger partial charge < -0.3 is 9.47 Å². The Morgan fingerprint density at radius 1 is 1.42 bits per heavy atom. The number of ether oxygens (including phenoxy) is 2. The summed E-state index contributed by atoms with van der Waals surface area (Å²) in [6.07, 6.45) is 2.25. The molecule has 0 radical (unpaired) electrons. The van der Waals surface area contributed by atoms with Gasteiger partial charge in [0.25, 0.3) is 0 Å². The largest absolute Gasteiger partial charge is 0.491 e. The second kappa shape index (κ2) is 6.57. The number of aryl methyl sites for hydroxylation is 1. The van der Waals surface area contributed by atoms with Crippen LogP contribution in [0.4, 0.5) is 0 Å². The Bertz CT molecular complexity index is 429. The van der Waals surface area contributed by atoms with Crippen LogP contribution in [0.5, 0.6) is 5.75 Å². The van der Waals surface area contributed by atoms with Crippen molar-refractivity contribution in [1.29, 1.82) is 0 Å². The second-order valence-electron chi connectivity index (χ2n) is 4.82. The van der Waals surface area contributed by atoms with Crippen molar-refractivity contribution in [3.05, 3.63) is 29.8 Å². The molecule has 1 aliphatic carbocycles. The van der Waals surface area contributed by atoms with Crippen LogP contribution in [-0.2, 0) is 9.53 Å². The zero-order valence-electron chi connectivity index (χ0n) is 11.5. The Hall–Kier alpha value is -1.55. The second-order valence-corrected chi connectivity index (χ2v) is 4.82. The molecule has 1 aromatic rings. The lowest BCUT2D eigenvalue weighted by molar-refractivity contribution is -0.146. The highest BCUT2D eigenvalue weighted by Gasteiger charge is 2.29. The molecular formula is C15H21NO3. The van der Waals surface area contributed by atoms with E-state index in [-0.39, 0.29) is 12.0 Å². The molecule has 1 atom stereocenters. The molecule has 104 valence electrons. The van der Waals surface area contributed by atoms with Crippen molar-refractivity contribution in [2.24, 2.45) is 0 Å². The van der Waals surface area contributed by atoms with Gasteiger partial charge in [0.15, 0.2) is 0 Å². The molecule has 0 amide bonds. The summed E-state index contributed by atoms with van der Waals surface area (Å²) < 4.78 is 10.8. The molecule has 0 bridgehead atoms. The van der Waals surface area contributed by atoms with Crippen molar-refractivity contribution in [3.8, 4) is 5.75 Å². The van der Waals surface area contributed by atoms with E-state index in [0.29, 0.717) is 19.3 Å². The normalized spacial score (nSPS) is 15.9. The van der Waals surface area contributed by atoms with E-state index in [0.717, 1.165) is 24.2 Å². The lowest BCUT2D eigenvalue weighted by Crippen LogP contribution is -2.43. The first-order valence-electron chi connectivity index (χ1n) is 6.81. The Morgan fingerprint density at radius 2 is 2.16 bits per heavy atom. The van der Waals surface area contributed by atoms with Crippen molar-refractivity contribution in [3.63, 3.8) is 0 Å². The number of benzene rings is 1. The Kier molecular flexibility index (Phi) is 4.80. The van der Waals surface area contributed by atoms with Gasteiger partial charge in [-0.25, -0.2) is 0 Å². The number of rotatable bonds is 7. The lowest BCUT2D eigenvalue weighted by atomic mass is 10.2. The van der Waals surface area contributed by atoms with Crippen molar-refractivity contribution < 1.29 is 14.3 Å². The molecule has 1 saturated carbocycles. The first kappa shape index (κ1) is 13.9. The van der Waals surface area contributed by atoms with Gasteiger partial charge >= 0.3 is 5.97 Å². The maximum Gasteiger partial charge on any atom is 0.326 e. The number of esters is 1. The maximum atomic E-state index is 11.8. The first-order valence-corrected chi connectivity index (χ1v) is 6.81. The Morgan fingerprint density at radius 3 is 2.79 bits per heavy atom. The van der Waals surface area contributed by atoms with Crippen molar-refractivity contribution in [2.75, 3.05) is 13.2 Å². The lowest BCUT2D eigenvalue weighted by Gasteiger charge is -2.18. The minimum Gasteiger partial charge on any atom is -0.491 e. The fraction of sp³-hybridized carbons (Fsp3) is 0.533. The van der Waals surface area contributed by atoms with Crippen LogP contribution in [0.1, 0.15) is 25.3 Å². The van der Waals surface area contributed by atoms with Crippen LogP contribution in [0.15, 0.2) is 24.3 Å². The van der Waals surface area contributed by atoms with Gasteiger partial charge in [-0.1, -0.05) is 18.2 Å². The summed E-state index contributed by atoms with van der Waals surface area (Å²) in [5, 5.41) is 3.27. The SMILES string of the molecule is CCOC(=O)C(COc1ccccc1C)NC1CC1. The van der Waals surface area contributed by atoms with Crippen molar-refractivity contribution in [2.45, 2.75) is 38.8 Å². The summed E-state index contributed by atoms with van der Waals surface area (Å²) in [4.78, 5) is 11.8. The summed E-state index contributed by atoms with van der Waals surface area (Å²) in [5.41, 5.74) is 1.07. The fourth-order valence-electron chi connectivity index (χ4n) is 1.85. The molecule has 1 unspecified atom stereocenters. The molecule has 0 aromatic heterocycles. The molecule has 2 rings (SSSR count). The molecule has 0 saturated heterocycles. The fourth-order valence-corrected chi connectivity index (χ4v) is 1.85. The Balaban J connectivity index is 1.91. The summed E-state index contributed by atoms with van der Waals surface area (Å²) in [5.74, 6) is 0.581. The summed E-state index contributed by atoms with van der Waals surface area (Å²) in [7, 11) is 0. The van der Waals surface area contributed by atoms with E-state index >= 15 is 0 Å². The van der Waals surface area contributed by atoms with E-state index in [1.165, 1.54) is 0 Å². The highest BCUT2D eigenvalue weighted by Crippen LogP contribution is 2.21. The minimum atomic E-state index is -0.382. The minimum absolute atomic E-state index is 0.233. The zero-order valence-corrected chi connectivity index (χ0v) is 11.5. The number of nitrogens with one attached hydrogen (secondary N) is 1. The number of hydrogen-bond acceptors (Lipinski definition) is 4. The van der Waals surface area contributed by atoms with Crippen LogP contribution in [0, 0.1) is 6.92 Å². The standard InChI is InChI=1S/C15H21NO3/c1-3-18-15(17)13(16-12-8-9-12)10-19-14-7-5-4-6-11(14)2/h4-7,12-13,16H,3,8-10H2,1-2H3. The average Bonchev–Trinajstić information content (AvgIpc) is 3.20. The van der Waals surface area contributed by atoms with Gasteiger partial charge in [-0.2, -0.15) is 0 Å². The number of hydrogen-bond donors (Lipinski definition) is 1. The highest BCUT2D eigenvalue weighted by molar-refractivity contribution is 5.76. The summed E-state index contributed by atoms with van der Waals surface area (Å²) in [6, 6.07) is 7.85. The van der Waals surface area contributed by atoms with E-state index in [2.05, 4.69) is 5.32 Å². The molecule has 4 nitrogen and oxygen atoms in total. The third-order valence-electron chi connectivity index (χ3n) is 3.08. The molecule has 1 aromatic carbocycles. The monoisotopic (exact) mass is 263 g/mol. The zero-order chi connectivity index (χ0) is 13.7. The first-order chi connectivity index (χ1) is 9.20. The maximum absolute atomic E-state index is 11.8. The molecule has 0 spiro atoms. The summed E-state index contributed by atoms with van der Waals surface area (Å²) in [6.45, 7) is 4.50. The average molecular weight is 263 g/mol. The van der Waals surface area contributed by atoms with E-state index in [1.807, 2.05) is 38.1 Å². The quantitative estimate of drug-likeness (QED) is 0.765. The predicted octanol–water partition coefficient (Wildman–Crippen LogP) is 2.06. The van der Waals surface area contributed by atoms with E-state index in [4.69, 9.17) is 9.47 Å². The van der Waals surface area contributed by atoms with Gasteiger partial charge in [-0.05, 0) is 38.3 Å². The molecule has 4 heteroatoms. The van der Waals surface area contributed by atoms with Crippen molar-refractivity contribution in [1.82, 2.24) is 5.32 Å². The van der Waals surface area contributed by atoms with Gasteiger partial charge in [0.05, 0.1) is 6.61 Å². The molecule has 1 N–H and O–H groups in total. The van der Waals surface area contributed by atoms with Crippen molar-refractivity contribution >= 4 is 5.97 Å². The highest BCUT2D eigenvalue weighted by atomic mass is 16.5. The number of carbonyl (C=O) groups is 1. The Labute approximate surface area is 114 Å². The predicted molar refractivity (Wildman–Crippen MR) is 73.3 cm³/mol. The molecule has 0 heterocycles. The van der Waals surface area contributed by atoms with Crippen LogP contribution in [0.2, 0.25) is 0 Å². The molecule has 1 fully saturated rings. The van der Waals surface area contributed by atoms with Crippen LogP contribution in [-0.4, -0.2) is 31.3 Å². The molecule has 19 heavy (non-hydrogen) atoms. The van der Waals surface area contributed by atoms with Crippen LogP contribution in [0.3, 0.4) is 0 Å². The summed E-state index contributed by atoms with van der Waals surface area (Å²) >= 11 is 0. The van der Waals surface area contributed by atoms with Gasteiger partial charge in [0, 0.05) is 6.04 Å².